The number of aromatic nitrogens is 5. The monoisotopic (exact) mass is 295 g/mol. The molecule has 3 aromatic heterocycles. The number of nitrogens with zero attached hydrogens (tertiary/aromatic N) is 5. The topological polar surface area (TPSA) is 48.0 Å². The molecule has 0 saturated heterocycles. The van der Waals surface area contributed by atoms with Gasteiger partial charge in [0.05, 0.1) is 23.0 Å². The van der Waals surface area contributed by atoms with Gasteiger partial charge in [-0.3, -0.25) is 0 Å². The van der Waals surface area contributed by atoms with Gasteiger partial charge in [0.2, 0.25) is 0 Å². The van der Waals surface area contributed by atoms with Crippen LogP contribution in [0.4, 0.5) is 0 Å². The van der Waals surface area contributed by atoms with Crippen molar-refractivity contribution in [3.63, 3.8) is 0 Å². The maximum absolute atomic E-state index is 5.94. The second kappa shape index (κ2) is 5.19. The quantitative estimate of drug-likeness (QED) is 0.695. The molecule has 0 fully saturated rings. The molecule has 0 bridgehead atoms. The number of hydrogen-bond donors (Lipinski definition) is 0. The second-order valence-corrected chi connectivity index (χ2v) is 5.01. The number of imidazole rings is 1. The first kappa shape index (κ1) is 12.4. The Bertz CT molecular complexity index is 703. The number of hydrogen-bond acceptors (Lipinski definition) is 3. The Hall–Kier alpha value is -1.59. The van der Waals surface area contributed by atoms with E-state index in [2.05, 4.69) is 15.3 Å². The minimum Gasteiger partial charge on any atom is -0.305 e. The molecule has 0 radical (unpaired) electrons. The molecule has 3 aromatic rings. The lowest BCUT2D eigenvalue weighted by molar-refractivity contribution is 0.640. The predicted molar refractivity (Wildman–Crippen MR) is 73.8 cm³/mol. The standard InChI is InChI=1S/C12H11Cl2N5/c13-4-3-10-7-19(17-16-10)8-11-6-18-5-9(14)1-2-12(18)15-11/h1-2,5-7H,3-4,8H2. The summed E-state index contributed by atoms with van der Waals surface area (Å²) in [5, 5.41) is 8.78. The van der Waals surface area contributed by atoms with Crippen molar-refractivity contribution in [2.75, 3.05) is 5.88 Å². The molecular formula is C12H11Cl2N5. The lowest BCUT2D eigenvalue weighted by atomic mass is 10.4. The van der Waals surface area contributed by atoms with Gasteiger partial charge in [0.15, 0.2) is 0 Å². The molecule has 0 aliphatic heterocycles. The van der Waals surface area contributed by atoms with Crippen LogP contribution in [0.15, 0.2) is 30.7 Å². The van der Waals surface area contributed by atoms with Gasteiger partial charge in [-0.25, -0.2) is 9.67 Å². The van der Waals surface area contributed by atoms with E-state index in [0.29, 0.717) is 17.4 Å². The Kier molecular flexibility index (Phi) is 3.40. The Morgan fingerprint density at radius 3 is 2.84 bits per heavy atom. The Labute approximate surface area is 119 Å². The zero-order valence-electron chi connectivity index (χ0n) is 10.0. The van der Waals surface area contributed by atoms with Crippen LogP contribution in [-0.4, -0.2) is 30.3 Å². The fourth-order valence-corrected chi connectivity index (χ4v) is 2.25. The van der Waals surface area contributed by atoms with E-state index >= 15 is 0 Å². The number of alkyl halides is 1. The first-order valence-electron chi connectivity index (χ1n) is 5.83. The van der Waals surface area contributed by atoms with E-state index in [1.165, 1.54) is 0 Å². The van der Waals surface area contributed by atoms with Crippen molar-refractivity contribution in [3.05, 3.63) is 47.1 Å². The number of aryl methyl sites for hydroxylation is 1. The molecule has 19 heavy (non-hydrogen) atoms. The number of fused-ring (bicyclic) bond motifs is 1. The van der Waals surface area contributed by atoms with Gasteiger partial charge >= 0.3 is 0 Å². The van der Waals surface area contributed by atoms with Crippen LogP contribution in [0.2, 0.25) is 5.02 Å². The summed E-state index contributed by atoms with van der Waals surface area (Å²) in [7, 11) is 0. The normalized spacial score (nSPS) is 11.3. The van der Waals surface area contributed by atoms with E-state index in [1.54, 1.807) is 4.68 Å². The number of halogens is 2. The summed E-state index contributed by atoms with van der Waals surface area (Å²) in [5.41, 5.74) is 2.66. The molecule has 0 saturated carbocycles. The van der Waals surface area contributed by atoms with Gasteiger partial charge in [0, 0.05) is 30.9 Å². The minimum atomic E-state index is 0.547. The first-order valence-corrected chi connectivity index (χ1v) is 6.74. The van der Waals surface area contributed by atoms with Crippen LogP contribution in [0.25, 0.3) is 5.65 Å². The molecule has 0 spiro atoms. The Morgan fingerprint density at radius 2 is 2.00 bits per heavy atom. The molecule has 0 atom stereocenters. The first-order chi connectivity index (χ1) is 9.24. The average Bonchev–Trinajstić information content (AvgIpc) is 2.96. The van der Waals surface area contributed by atoms with Gasteiger partial charge in [-0.1, -0.05) is 16.8 Å². The van der Waals surface area contributed by atoms with Crippen LogP contribution in [0, 0.1) is 0 Å². The van der Waals surface area contributed by atoms with E-state index in [9.17, 15) is 0 Å². The molecule has 3 heterocycles. The summed E-state index contributed by atoms with van der Waals surface area (Å²) >= 11 is 11.6. The van der Waals surface area contributed by atoms with Crippen LogP contribution < -0.4 is 0 Å². The van der Waals surface area contributed by atoms with Crippen molar-refractivity contribution in [2.24, 2.45) is 0 Å². The molecule has 0 aliphatic rings. The number of rotatable bonds is 4. The highest BCUT2D eigenvalue weighted by atomic mass is 35.5. The van der Waals surface area contributed by atoms with E-state index in [0.717, 1.165) is 23.5 Å². The van der Waals surface area contributed by atoms with Gasteiger partial charge in [-0.05, 0) is 12.1 Å². The van der Waals surface area contributed by atoms with Crippen LogP contribution in [-0.2, 0) is 13.0 Å². The summed E-state index contributed by atoms with van der Waals surface area (Å²) in [6.07, 6.45) is 6.37. The second-order valence-electron chi connectivity index (χ2n) is 4.19. The summed E-state index contributed by atoms with van der Waals surface area (Å²) in [6, 6.07) is 3.70. The van der Waals surface area contributed by atoms with E-state index in [1.807, 2.05) is 35.1 Å². The molecule has 5 nitrogen and oxygen atoms in total. The van der Waals surface area contributed by atoms with Gasteiger partial charge in [-0.2, -0.15) is 0 Å². The molecule has 98 valence electrons. The highest BCUT2D eigenvalue weighted by Gasteiger charge is 2.05. The van der Waals surface area contributed by atoms with Crippen molar-refractivity contribution in [3.8, 4) is 0 Å². The molecule has 0 N–H and O–H groups in total. The number of pyridine rings is 1. The minimum absolute atomic E-state index is 0.547. The molecule has 0 amide bonds. The third kappa shape index (κ3) is 2.72. The van der Waals surface area contributed by atoms with Crippen molar-refractivity contribution in [1.29, 1.82) is 0 Å². The van der Waals surface area contributed by atoms with Crippen LogP contribution >= 0.6 is 23.2 Å². The highest BCUT2D eigenvalue weighted by Crippen LogP contribution is 2.12. The fourth-order valence-electron chi connectivity index (χ4n) is 1.89. The van der Waals surface area contributed by atoms with Gasteiger partial charge in [-0.15, -0.1) is 16.7 Å². The fraction of sp³-hybridized carbons (Fsp3) is 0.250. The van der Waals surface area contributed by atoms with Crippen molar-refractivity contribution >= 4 is 28.8 Å². The molecule has 0 aromatic carbocycles. The summed E-state index contributed by atoms with van der Waals surface area (Å²) in [4.78, 5) is 4.49. The third-order valence-corrected chi connectivity index (χ3v) is 3.14. The predicted octanol–water partition coefficient (Wildman–Crippen LogP) is 2.41. The van der Waals surface area contributed by atoms with Crippen LogP contribution in [0.5, 0.6) is 0 Å². The van der Waals surface area contributed by atoms with Crippen LogP contribution in [0.3, 0.4) is 0 Å². The molecule has 3 rings (SSSR count). The lowest BCUT2D eigenvalue weighted by Gasteiger charge is -1.94. The largest absolute Gasteiger partial charge is 0.305 e. The zero-order chi connectivity index (χ0) is 13.2. The third-order valence-electron chi connectivity index (χ3n) is 2.73. The van der Waals surface area contributed by atoms with Crippen molar-refractivity contribution in [2.45, 2.75) is 13.0 Å². The van der Waals surface area contributed by atoms with Crippen LogP contribution in [0.1, 0.15) is 11.4 Å². The Balaban J connectivity index is 1.83. The SMILES string of the molecule is ClCCc1cn(Cc2cn3cc(Cl)ccc3n2)nn1. The van der Waals surface area contributed by atoms with E-state index in [4.69, 9.17) is 23.2 Å². The highest BCUT2D eigenvalue weighted by molar-refractivity contribution is 6.30. The van der Waals surface area contributed by atoms with Gasteiger partial charge in [0.25, 0.3) is 0 Å². The Morgan fingerprint density at radius 1 is 1.11 bits per heavy atom. The maximum atomic E-state index is 5.94. The lowest BCUT2D eigenvalue weighted by Crippen LogP contribution is -2.00. The van der Waals surface area contributed by atoms with Gasteiger partial charge in [0.1, 0.15) is 5.65 Å². The molecular weight excluding hydrogens is 285 g/mol. The average molecular weight is 296 g/mol. The zero-order valence-corrected chi connectivity index (χ0v) is 11.5. The van der Waals surface area contributed by atoms with Gasteiger partial charge < -0.3 is 4.40 Å². The summed E-state index contributed by atoms with van der Waals surface area (Å²) in [5.74, 6) is 0.547. The molecule has 0 unspecified atom stereocenters. The smallest absolute Gasteiger partial charge is 0.137 e. The summed E-state index contributed by atoms with van der Waals surface area (Å²) in [6.45, 7) is 0.578. The van der Waals surface area contributed by atoms with E-state index in [-0.39, 0.29) is 0 Å². The van der Waals surface area contributed by atoms with E-state index < -0.39 is 0 Å². The van der Waals surface area contributed by atoms with Crippen molar-refractivity contribution < 1.29 is 0 Å². The molecule has 7 heteroatoms. The summed E-state index contributed by atoms with van der Waals surface area (Å²) < 4.78 is 3.65. The maximum Gasteiger partial charge on any atom is 0.137 e. The molecule has 0 aliphatic carbocycles. The van der Waals surface area contributed by atoms with Crippen molar-refractivity contribution in [1.82, 2.24) is 24.4 Å².